The molecule has 0 aromatic heterocycles. The van der Waals surface area contributed by atoms with Crippen molar-refractivity contribution in [3.8, 4) is 0 Å². The first-order valence-electron chi connectivity index (χ1n) is 9.16. The van der Waals surface area contributed by atoms with Crippen LogP contribution in [0.15, 0.2) is 48.5 Å². The number of nitrogens with one attached hydrogen (secondary N) is 2. The molecular weight excluding hydrogens is 374 g/mol. The molecule has 8 heteroatoms. The number of urea groups is 1. The van der Waals surface area contributed by atoms with E-state index >= 15 is 0 Å². The third-order valence-corrected chi connectivity index (χ3v) is 5.33. The van der Waals surface area contributed by atoms with E-state index in [0.717, 1.165) is 16.0 Å². The number of anilines is 1. The van der Waals surface area contributed by atoms with Gasteiger partial charge >= 0.3 is 12.0 Å². The minimum absolute atomic E-state index is 0.182. The molecule has 29 heavy (non-hydrogen) atoms. The van der Waals surface area contributed by atoms with Crippen LogP contribution in [-0.2, 0) is 26.3 Å². The van der Waals surface area contributed by atoms with Gasteiger partial charge in [-0.25, -0.2) is 9.59 Å². The highest BCUT2D eigenvalue weighted by Crippen LogP contribution is 2.41. The highest BCUT2D eigenvalue weighted by atomic mass is 16.5. The molecule has 2 aliphatic rings. The zero-order valence-corrected chi connectivity index (χ0v) is 15.7. The van der Waals surface area contributed by atoms with Gasteiger partial charge in [-0.3, -0.25) is 14.5 Å². The summed E-state index contributed by atoms with van der Waals surface area (Å²) in [5.74, 6) is -1.63. The molecule has 1 aliphatic carbocycles. The number of hydrogen-bond donors (Lipinski definition) is 2. The second-order valence-electron chi connectivity index (χ2n) is 6.97. The molecule has 4 rings (SSSR count). The number of hydrogen-bond acceptors (Lipinski definition) is 5. The minimum atomic E-state index is -1.11. The Kier molecular flexibility index (Phi) is 4.54. The molecule has 0 radical (unpaired) electrons. The molecule has 4 amide bonds. The van der Waals surface area contributed by atoms with Crippen molar-refractivity contribution in [3.63, 3.8) is 0 Å². The summed E-state index contributed by atoms with van der Waals surface area (Å²) in [6.07, 6.45) is 1.13. The first-order chi connectivity index (χ1) is 14.0. The summed E-state index contributed by atoms with van der Waals surface area (Å²) in [4.78, 5) is 50.9. The predicted molar refractivity (Wildman–Crippen MR) is 103 cm³/mol. The van der Waals surface area contributed by atoms with Gasteiger partial charge in [-0.2, -0.15) is 0 Å². The summed E-state index contributed by atoms with van der Waals surface area (Å²) in [7, 11) is 1.24. The standard InChI is InChI=1S/C21H19N3O5/c1-29-18(26)14-7-3-5-9-16(14)22-17(25)12-24-19(27)21(23-20(24)28)11-10-13-6-2-4-8-15(13)21/h2-9H,10-12H2,1H3,(H,22,25)(H,23,28). The number of benzene rings is 2. The van der Waals surface area contributed by atoms with Crippen LogP contribution in [0.1, 0.15) is 27.9 Å². The molecule has 148 valence electrons. The normalized spacial score (nSPS) is 19.8. The maximum Gasteiger partial charge on any atom is 0.339 e. The quantitative estimate of drug-likeness (QED) is 0.609. The van der Waals surface area contributed by atoms with Crippen molar-refractivity contribution in [2.45, 2.75) is 18.4 Å². The van der Waals surface area contributed by atoms with Crippen LogP contribution in [0.3, 0.4) is 0 Å². The number of esters is 1. The fraction of sp³-hybridized carbons (Fsp3) is 0.238. The Balaban J connectivity index is 1.53. The Hall–Kier alpha value is -3.68. The van der Waals surface area contributed by atoms with Crippen molar-refractivity contribution >= 4 is 29.5 Å². The van der Waals surface area contributed by atoms with E-state index in [1.54, 1.807) is 18.2 Å². The second-order valence-corrected chi connectivity index (χ2v) is 6.97. The lowest BCUT2D eigenvalue weighted by Crippen LogP contribution is -2.43. The molecule has 8 nitrogen and oxygen atoms in total. The summed E-state index contributed by atoms with van der Waals surface area (Å²) < 4.78 is 4.70. The molecule has 1 aliphatic heterocycles. The average molecular weight is 393 g/mol. The molecule has 0 bridgehead atoms. The van der Waals surface area contributed by atoms with E-state index in [1.807, 2.05) is 24.3 Å². The number of fused-ring (bicyclic) bond motifs is 2. The topological polar surface area (TPSA) is 105 Å². The van der Waals surface area contributed by atoms with E-state index in [2.05, 4.69) is 10.6 Å². The molecular formula is C21H19N3O5. The Bertz CT molecular complexity index is 1030. The first kappa shape index (κ1) is 18.7. The third-order valence-electron chi connectivity index (χ3n) is 5.33. The zero-order valence-electron chi connectivity index (χ0n) is 15.7. The van der Waals surface area contributed by atoms with Crippen molar-refractivity contribution in [3.05, 3.63) is 65.2 Å². The first-order valence-corrected chi connectivity index (χ1v) is 9.16. The summed E-state index contributed by atoms with van der Waals surface area (Å²) in [6.45, 7) is -0.454. The maximum absolute atomic E-state index is 13.1. The van der Waals surface area contributed by atoms with Gasteiger partial charge in [0.15, 0.2) is 0 Å². The lowest BCUT2D eigenvalue weighted by atomic mass is 9.92. The molecule has 1 spiro atoms. The highest BCUT2D eigenvalue weighted by molar-refractivity contribution is 6.11. The lowest BCUT2D eigenvalue weighted by Gasteiger charge is -2.22. The number of imide groups is 1. The van der Waals surface area contributed by atoms with Crippen LogP contribution in [-0.4, -0.2) is 42.4 Å². The fourth-order valence-corrected chi connectivity index (χ4v) is 3.95. The minimum Gasteiger partial charge on any atom is -0.465 e. The molecule has 2 N–H and O–H groups in total. The monoisotopic (exact) mass is 393 g/mol. The molecule has 1 unspecified atom stereocenters. The number of nitrogens with zero attached hydrogens (tertiary/aromatic N) is 1. The van der Waals surface area contributed by atoms with E-state index in [1.165, 1.54) is 13.2 Å². The number of methoxy groups -OCH3 is 1. The number of carbonyl (C=O) groups is 4. The van der Waals surface area contributed by atoms with Gasteiger partial charge in [0, 0.05) is 0 Å². The SMILES string of the molecule is COC(=O)c1ccccc1NC(=O)CN1C(=O)NC2(CCc3ccccc32)C1=O. The Morgan fingerprint density at radius 3 is 2.66 bits per heavy atom. The van der Waals surface area contributed by atoms with Gasteiger partial charge in [0.1, 0.15) is 12.1 Å². The molecule has 2 aromatic carbocycles. The van der Waals surface area contributed by atoms with Crippen LogP contribution in [0.25, 0.3) is 0 Å². The van der Waals surface area contributed by atoms with Crippen molar-refractivity contribution in [2.75, 3.05) is 19.0 Å². The number of ether oxygens (including phenoxy) is 1. The average Bonchev–Trinajstić information content (AvgIpc) is 3.21. The van der Waals surface area contributed by atoms with Gasteiger partial charge in [0.05, 0.1) is 18.4 Å². The Morgan fingerprint density at radius 2 is 1.86 bits per heavy atom. The predicted octanol–water partition coefficient (Wildman–Crippen LogP) is 1.81. The van der Waals surface area contributed by atoms with Crippen LogP contribution in [0.4, 0.5) is 10.5 Å². The Morgan fingerprint density at radius 1 is 1.14 bits per heavy atom. The van der Waals surface area contributed by atoms with Crippen molar-refractivity contribution < 1.29 is 23.9 Å². The molecule has 1 saturated heterocycles. The van der Waals surface area contributed by atoms with Gasteiger partial charge in [0.25, 0.3) is 5.91 Å². The van der Waals surface area contributed by atoms with E-state index in [-0.39, 0.29) is 11.3 Å². The van der Waals surface area contributed by atoms with Gasteiger partial charge in [-0.1, -0.05) is 36.4 Å². The third kappa shape index (κ3) is 3.02. The van der Waals surface area contributed by atoms with Gasteiger partial charge < -0.3 is 15.4 Å². The summed E-state index contributed by atoms with van der Waals surface area (Å²) in [6, 6.07) is 13.2. The van der Waals surface area contributed by atoms with Crippen LogP contribution in [0.5, 0.6) is 0 Å². The smallest absolute Gasteiger partial charge is 0.339 e. The van der Waals surface area contributed by atoms with E-state index in [9.17, 15) is 19.2 Å². The van der Waals surface area contributed by atoms with E-state index < -0.39 is 35.9 Å². The summed E-state index contributed by atoms with van der Waals surface area (Å²) in [5, 5.41) is 5.35. The lowest BCUT2D eigenvalue weighted by molar-refractivity contribution is -0.134. The van der Waals surface area contributed by atoms with Crippen LogP contribution < -0.4 is 10.6 Å². The summed E-state index contributed by atoms with van der Waals surface area (Å²) >= 11 is 0. The van der Waals surface area contributed by atoms with Gasteiger partial charge in [-0.15, -0.1) is 0 Å². The van der Waals surface area contributed by atoms with Crippen molar-refractivity contribution in [1.82, 2.24) is 10.2 Å². The van der Waals surface area contributed by atoms with Gasteiger partial charge in [0.2, 0.25) is 5.91 Å². The van der Waals surface area contributed by atoms with Gasteiger partial charge in [-0.05, 0) is 36.1 Å². The number of carbonyl (C=O) groups excluding carboxylic acids is 4. The van der Waals surface area contributed by atoms with Crippen molar-refractivity contribution in [2.24, 2.45) is 0 Å². The van der Waals surface area contributed by atoms with Crippen molar-refractivity contribution in [1.29, 1.82) is 0 Å². The Labute approximate surface area is 166 Å². The molecule has 1 atom stereocenters. The fourth-order valence-electron chi connectivity index (χ4n) is 3.95. The molecule has 2 aromatic rings. The largest absolute Gasteiger partial charge is 0.465 e. The number of para-hydroxylation sites is 1. The van der Waals surface area contributed by atoms with Crippen LogP contribution >= 0.6 is 0 Å². The highest BCUT2D eigenvalue weighted by Gasteiger charge is 2.55. The molecule has 1 fully saturated rings. The van der Waals surface area contributed by atoms with Crippen LogP contribution in [0.2, 0.25) is 0 Å². The summed E-state index contributed by atoms with van der Waals surface area (Å²) in [5.41, 5.74) is 1.11. The number of rotatable bonds is 4. The number of amides is 4. The molecule has 1 heterocycles. The van der Waals surface area contributed by atoms with E-state index in [0.29, 0.717) is 12.8 Å². The molecule has 0 saturated carbocycles. The van der Waals surface area contributed by atoms with E-state index in [4.69, 9.17) is 4.74 Å². The maximum atomic E-state index is 13.1. The zero-order chi connectivity index (χ0) is 20.6. The number of aryl methyl sites for hydroxylation is 1. The van der Waals surface area contributed by atoms with Crippen LogP contribution in [0, 0.1) is 0 Å². The second kappa shape index (κ2) is 7.05.